The molecule has 0 bridgehead atoms. The fourth-order valence-electron chi connectivity index (χ4n) is 2.68. The minimum absolute atomic E-state index is 0.0490. The van der Waals surface area contributed by atoms with Gasteiger partial charge in [-0.1, -0.05) is 32.0 Å². The molecule has 0 saturated heterocycles. The Balaban J connectivity index is 2.02. The van der Waals surface area contributed by atoms with Gasteiger partial charge < -0.3 is 20.4 Å². The van der Waals surface area contributed by atoms with Crippen LogP contribution >= 0.6 is 0 Å². The highest BCUT2D eigenvalue weighted by Crippen LogP contribution is 2.23. The Morgan fingerprint density at radius 3 is 2.75 bits per heavy atom. The lowest BCUT2D eigenvalue weighted by Crippen LogP contribution is -2.37. The highest BCUT2D eigenvalue weighted by Gasteiger charge is 2.22. The van der Waals surface area contributed by atoms with Gasteiger partial charge in [0.25, 0.3) is 0 Å². The van der Waals surface area contributed by atoms with Crippen molar-refractivity contribution in [2.75, 3.05) is 13.7 Å². The zero-order chi connectivity index (χ0) is 17.5. The van der Waals surface area contributed by atoms with Crippen molar-refractivity contribution in [3.8, 4) is 5.75 Å². The lowest BCUT2D eigenvalue weighted by atomic mass is 10.0. The van der Waals surface area contributed by atoms with Crippen LogP contribution in [0.2, 0.25) is 0 Å². The lowest BCUT2D eigenvalue weighted by molar-refractivity contribution is -0.124. The van der Waals surface area contributed by atoms with Gasteiger partial charge in [-0.2, -0.15) is 0 Å². The molecule has 0 aliphatic rings. The van der Waals surface area contributed by atoms with Crippen LogP contribution in [0.3, 0.4) is 0 Å². The molecule has 6 heteroatoms. The maximum absolute atomic E-state index is 12.6. The predicted octanol–water partition coefficient (Wildman–Crippen LogP) is 2.30. The van der Waals surface area contributed by atoms with Crippen LogP contribution in [0.1, 0.15) is 37.9 Å². The van der Waals surface area contributed by atoms with Crippen LogP contribution < -0.4 is 15.8 Å². The molecule has 130 valence electrons. The first-order valence-corrected chi connectivity index (χ1v) is 8.16. The molecule has 1 aromatic carbocycles. The average Bonchev–Trinajstić information content (AvgIpc) is 3.11. The Bertz CT molecular complexity index is 640. The molecule has 2 atom stereocenters. The summed E-state index contributed by atoms with van der Waals surface area (Å²) in [6.45, 7) is 4.54. The third kappa shape index (κ3) is 4.58. The summed E-state index contributed by atoms with van der Waals surface area (Å²) in [7, 11) is 1.61. The highest BCUT2D eigenvalue weighted by molar-refractivity contribution is 5.80. The maximum Gasteiger partial charge on any atom is 0.243 e. The number of methoxy groups -OCH3 is 1. The summed E-state index contributed by atoms with van der Waals surface area (Å²) >= 11 is 0. The van der Waals surface area contributed by atoms with E-state index in [-0.39, 0.29) is 18.0 Å². The molecule has 0 aliphatic carbocycles. The van der Waals surface area contributed by atoms with E-state index in [1.54, 1.807) is 19.6 Å². The normalized spacial score (nSPS) is 13.5. The summed E-state index contributed by atoms with van der Waals surface area (Å²) in [5.74, 6) is 1.07. The fraction of sp³-hybridized carbons (Fsp3) is 0.444. The SMILES string of the molecule is COc1ccccc1C(N)CNC(=O)C(CC(C)C)n1ccnc1. The molecule has 0 saturated carbocycles. The third-order valence-electron chi connectivity index (χ3n) is 3.92. The molecule has 0 fully saturated rings. The van der Waals surface area contributed by atoms with Crippen molar-refractivity contribution in [2.24, 2.45) is 11.7 Å². The standard InChI is InChI=1S/C18H26N4O2/c1-13(2)10-16(22-9-8-20-12-22)18(23)21-11-15(19)14-6-4-5-7-17(14)24-3/h4-9,12-13,15-16H,10-11,19H2,1-3H3,(H,21,23). The number of amides is 1. The molecular formula is C18H26N4O2. The van der Waals surface area contributed by atoms with Gasteiger partial charge in [0.1, 0.15) is 11.8 Å². The number of aromatic nitrogens is 2. The molecule has 6 nitrogen and oxygen atoms in total. The second-order valence-corrected chi connectivity index (χ2v) is 6.25. The van der Waals surface area contributed by atoms with Gasteiger partial charge in [-0.25, -0.2) is 4.98 Å². The van der Waals surface area contributed by atoms with E-state index in [1.807, 2.05) is 35.0 Å². The number of nitrogens with two attached hydrogens (primary N) is 1. The molecular weight excluding hydrogens is 304 g/mol. The summed E-state index contributed by atoms with van der Waals surface area (Å²) in [5.41, 5.74) is 7.10. The van der Waals surface area contributed by atoms with Gasteiger partial charge in [-0.15, -0.1) is 0 Å². The quantitative estimate of drug-likeness (QED) is 0.778. The third-order valence-corrected chi connectivity index (χ3v) is 3.92. The second-order valence-electron chi connectivity index (χ2n) is 6.25. The van der Waals surface area contributed by atoms with E-state index in [9.17, 15) is 4.79 Å². The Morgan fingerprint density at radius 2 is 2.12 bits per heavy atom. The number of imidazole rings is 1. The molecule has 2 aromatic rings. The van der Waals surface area contributed by atoms with Gasteiger partial charge in [0.05, 0.1) is 19.5 Å². The van der Waals surface area contributed by atoms with Crippen molar-refractivity contribution in [2.45, 2.75) is 32.4 Å². The zero-order valence-electron chi connectivity index (χ0n) is 14.5. The van der Waals surface area contributed by atoms with Gasteiger partial charge in [-0.05, 0) is 18.4 Å². The summed E-state index contributed by atoms with van der Waals surface area (Å²) in [6, 6.07) is 6.98. The Kier molecular flexibility index (Phi) is 6.37. The number of ether oxygens (including phenoxy) is 1. The van der Waals surface area contributed by atoms with E-state index in [0.29, 0.717) is 12.5 Å². The first kappa shape index (κ1) is 18.0. The number of nitrogens with zero attached hydrogens (tertiary/aromatic N) is 2. The minimum Gasteiger partial charge on any atom is -0.496 e. The summed E-state index contributed by atoms with van der Waals surface area (Å²) < 4.78 is 7.16. The van der Waals surface area contributed by atoms with Crippen LogP contribution in [0, 0.1) is 5.92 Å². The first-order chi connectivity index (χ1) is 11.5. The molecule has 0 radical (unpaired) electrons. The highest BCUT2D eigenvalue weighted by atomic mass is 16.5. The van der Waals surface area contributed by atoms with E-state index in [2.05, 4.69) is 24.1 Å². The zero-order valence-corrected chi connectivity index (χ0v) is 14.5. The number of nitrogens with one attached hydrogen (secondary N) is 1. The van der Waals surface area contributed by atoms with E-state index >= 15 is 0 Å². The van der Waals surface area contributed by atoms with Crippen LogP contribution in [0.4, 0.5) is 0 Å². The van der Waals surface area contributed by atoms with Crippen molar-refractivity contribution in [1.82, 2.24) is 14.9 Å². The molecule has 2 unspecified atom stereocenters. The molecule has 1 amide bonds. The smallest absolute Gasteiger partial charge is 0.243 e. The number of hydrogen-bond donors (Lipinski definition) is 2. The topological polar surface area (TPSA) is 82.2 Å². The predicted molar refractivity (Wildman–Crippen MR) is 93.7 cm³/mol. The molecule has 3 N–H and O–H groups in total. The largest absolute Gasteiger partial charge is 0.496 e. The van der Waals surface area contributed by atoms with Gasteiger partial charge in [0.2, 0.25) is 5.91 Å². The average molecular weight is 330 g/mol. The number of benzene rings is 1. The Labute approximate surface area is 143 Å². The molecule has 0 aliphatic heterocycles. The van der Waals surface area contributed by atoms with Crippen LogP contribution in [0.25, 0.3) is 0 Å². The minimum atomic E-state index is -0.326. The van der Waals surface area contributed by atoms with Crippen LogP contribution in [-0.4, -0.2) is 29.1 Å². The Hall–Kier alpha value is -2.34. The van der Waals surface area contributed by atoms with Crippen molar-refractivity contribution in [3.05, 3.63) is 48.5 Å². The number of carbonyl (C=O) groups excluding carboxylic acids is 1. The molecule has 0 spiro atoms. The van der Waals surface area contributed by atoms with E-state index in [0.717, 1.165) is 17.7 Å². The monoisotopic (exact) mass is 330 g/mol. The van der Waals surface area contributed by atoms with Crippen LogP contribution in [0.15, 0.2) is 43.0 Å². The maximum atomic E-state index is 12.6. The van der Waals surface area contributed by atoms with Crippen molar-refractivity contribution < 1.29 is 9.53 Å². The van der Waals surface area contributed by atoms with Crippen molar-refractivity contribution >= 4 is 5.91 Å². The van der Waals surface area contributed by atoms with Gasteiger partial charge in [-0.3, -0.25) is 4.79 Å². The summed E-state index contributed by atoms with van der Waals surface area (Å²) in [5, 5.41) is 2.96. The summed E-state index contributed by atoms with van der Waals surface area (Å²) in [4.78, 5) is 16.7. The number of rotatable bonds is 8. The fourth-order valence-corrected chi connectivity index (χ4v) is 2.68. The van der Waals surface area contributed by atoms with Crippen LogP contribution in [-0.2, 0) is 4.79 Å². The van der Waals surface area contributed by atoms with Crippen molar-refractivity contribution in [1.29, 1.82) is 0 Å². The second kappa shape index (κ2) is 8.49. The lowest BCUT2D eigenvalue weighted by Gasteiger charge is -2.22. The Morgan fingerprint density at radius 1 is 1.38 bits per heavy atom. The van der Waals surface area contributed by atoms with Crippen LogP contribution in [0.5, 0.6) is 5.75 Å². The first-order valence-electron chi connectivity index (χ1n) is 8.16. The molecule has 1 aromatic heterocycles. The number of carbonyl (C=O) groups is 1. The van der Waals surface area contributed by atoms with E-state index in [4.69, 9.17) is 10.5 Å². The van der Waals surface area contributed by atoms with Gasteiger partial charge >= 0.3 is 0 Å². The van der Waals surface area contributed by atoms with Crippen molar-refractivity contribution in [3.63, 3.8) is 0 Å². The molecule has 24 heavy (non-hydrogen) atoms. The van der Waals surface area contributed by atoms with E-state index < -0.39 is 0 Å². The summed E-state index contributed by atoms with van der Waals surface area (Å²) in [6.07, 6.45) is 5.91. The van der Waals surface area contributed by atoms with Gasteiger partial charge in [0.15, 0.2) is 0 Å². The number of hydrogen-bond acceptors (Lipinski definition) is 4. The molecule has 1 heterocycles. The van der Waals surface area contributed by atoms with E-state index in [1.165, 1.54) is 0 Å². The molecule has 2 rings (SSSR count). The number of para-hydroxylation sites is 1. The van der Waals surface area contributed by atoms with Gasteiger partial charge in [0, 0.05) is 24.5 Å².